The molecule has 0 bridgehead atoms. The molecule has 0 N–H and O–H groups in total. The Bertz CT molecular complexity index is 1040. The van der Waals surface area contributed by atoms with Crippen LogP contribution in [-0.4, -0.2) is 27.3 Å². The van der Waals surface area contributed by atoms with E-state index in [1.54, 1.807) is 6.92 Å². The van der Waals surface area contributed by atoms with Crippen LogP contribution in [0, 0.1) is 11.3 Å². The van der Waals surface area contributed by atoms with E-state index in [0.717, 1.165) is 14.9 Å². The van der Waals surface area contributed by atoms with Crippen LogP contribution in [-0.2, 0) is 16.1 Å². The number of fused-ring (bicyclic) bond motifs is 1. The predicted octanol–water partition coefficient (Wildman–Crippen LogP) is 2.83. The summed E-state index contributed by atoms with van der Waals surface area (Å²) in [5, 5.41) is 14.2. The Hall–Kier alpha value is -2.57. The molecule has 1 unspecified atom stereocenters. The molecule has 1 aromatic carbocycles. The summed E-state index contributed by atoms with van der Waals surface area (Å²) in [7, 11) is 0. The maximum Gasteiger partial charge on any atom is 0.327 e. The van der Waals surface area contributed by atoms with Gasteiger partial charge in [-0.3, -0.25) is 9.59 Å². The third kappa shape index (κ3) is 3.52. The molecular formula is C17H13BrN4O3S. The number of nitrogens with zero attached hydrogens (tertiary/aromatic N) is 4. The molecule has 2 heterocycles. The number of esters is 1. The van der Waals surface area contributed by atoms with Crippen LogP contribution in [0.3, 0.4) is 0 Å². The van der Waals surface area contributed by atoms with Gasteiger partial charge in [-0.1, -0.05) is 12.1 Å². The van der Waals surface area contributed by atoms with Crippen LogP contribution in [0.1, 0.15) is 23.4 Å². The second kappa shape index (κ2) is 7.76. The van der Waals surface area contributed by atoms with Crippen LogP contribution in [0.4, 0.5) is 0 Å². The van der Waals surface area contributed by atoms with Gasteiger partial charge in [0.25, 0.3) is 5.56 Å². The highest BCUT2D eigenvalue weighted by atomic mass is 79.9. The van der Waals surface area contributed by atoms with E-state index in [9.17, 15) is 14.9 Å². The van der Waals surface area contributed by atoms with Crippen LogP contribution < -0.4 is 5.56 Å². The topological polar surface area (TPSA) is 97.9 Å². The lowest BCUT2D eigenvalue weighted by molar-refractivity contribution is -0.144. The van der Waals surface area contributed by atoms with E-state index in [4.69, 9.17) is 4.74 Å². The van der Waals surface area contributed by atoms with Crippen LogP contribution in [0.5, 0.6) is 0 Å². The lowest BCUT2D eigenvalue weighted by atomic mass is 10.0. The molecule has 132 valence electrons. The van der Waals surface area contributed by atoms with Crippen molar-refractivity contribution in [1.82, 2.24) is 14.8 Å². The molecule has 1 atom stereocenters. The number of ether oxygens (including phenoxy) is 1. The number of aromatic nitrogens is 3. The van der Waals surface area contributed by atoms with E-state index in [0.29, 0.717) is 10.6 Å². The van der Waals surface area contributed by atoms with E-state index < -0.39 is 17.4 Å². The van der Waals surface area contributed by atoms with E-state index >= 15 is 0 Å². The van der Waals surface area contributed by atoms with Crippen molar-refractivity contribution in [3.05, 3.63) is 55.9 Å². The molecule has 0 aliphatic rings. The number of benzene rings is 1. The summed E-state index contributed by atoms with van der Waals surface area (Å²) in [5.41, 5.74) is 0.709. The average molecular weight is 433 g/mol. The third-order valence-electron chi connectivity index (χ3n) is 3.59. The monoisotopic (exact) mass is 432 g/mol. The second-order valence-corrected chi connectivity index (χ2v) is 7.12. The highest BCUT2D eigenvalue weighted by molar-refractivity contribution is 9.10. The lowest BCUT2D eigenvalue weighted by Gasteiger charge is -2.10. The van der Waals surface area contributed by atoms with Crippen molar-refractivity contribution in [3.63, 3.8) is 0 Å². The first-order chi connectivity index (χ1) is 12.5. The molecule has 2 aromatic heterocycles. The zero-order valence-corrected chi connectivity index (χ0v) is 16.1. The fourth-order valence-electron chi connectivity index (χ4n) is 2.39. The molecule has 0 spiro atoms. The molecule has 0 aliphatic carbocycles. The van der Waals surface area contributed by atoms with Gasteiger partial charge in [-0.2, -0.15) is 10.4 Å². The van der Waals surface area contributed by atoms with Gasteiger partial charge in [-0.05, 0) is 35.0 Å². The van der Waals surface area contributed by atoms with Crippen molar-refractivity contribution >= 4 is 43.5 Å². The summed E-state index contributed by atoms with van der Waals surface area (Å²) in [4.78, 5) is 28.5. The largest absolute Gasteiger partial charge is 0.465 e. The van der Waals surface area contributed by atoms with Gasteiger partial charge in [0.05, 0.1) is 33.6 Å². The fourth-order valence-corrected chi connectivity index (χ4v) is 3.96. The molecule has 0 aliphatic heterocycles. The van der Waals surface area contributed by atoms with Crippen molar-refractivity contribution in [2.24, 2.45) is 0 Å². The molecule has 3 aromatic rings. The maximum absolute atomic E-state index is 12.5. The molecule has 26 heavy (non-hydrogen) atoms. The Balaban J connectivity index is 1.99. The predicted molar refractivity (Wildman–Crippen MR) is 99.9 cm³/mol. The van der Waals surface area contributed by atoms with Gasteiger partial charge in [0.1, 0.15) is 17.5 Å². The lowest BCUT2D eigenvalue weighted by Crippen LogP contribution is -2.29. The summed E-state index contributed by atoms with van der Waals surface area (Å²) < 4.78 is 6.97. The number of rotatable bonds is 5. The summed E-state index contributed by atoms with van der Waals surface area (Å²) >= 11 is 4.64. The molecular weight excluding hydrogens is 420 g/mol. The van der Waals surface area contributed by atoms with Crippen LogP contribution >= 0.6 is 27.3 Å². The van der Waals surface area contributed by atoms with Crippen molar-refractivity contribution in [2.45, 2.75) is 19.4 Å². The first-order valence-electron chi connectivity index (χ1n) is 7.71. The Labute approximate surface area is 161 Å². The van der Waals surface area contributed by atoms with Crippen molar-refractivity contribution in [3.8, 4) is 6.07 Å². The quantitative estimate of drug-likeness (QED) is 0.574. The highest BCUT2D eigenvalue weighted by Crippen LogP contribution is 2.33. The van der Waals surface area contributed by atoms with Gasteiger partial charge in [0, 0.05) is 5.56 Å². The van der Waals surface area contributed by atoms with Crippen LogP contribution in [0.15, 0.2) is 39.7 Å². The van der Waals surface area contributed by atoms with Gasteiger partial charge in [-0.15, -0.1) is 11.3 Å². The van der Waals surface area contributed by atoms with E-state index in [2.05, 4.69) is 32.1 Å². The summed E-state index contributed by atoms with van der Waals surface area (Å²) in [6.45, 7) is 1.62. The first kappa shape index (κ1) is 18.2. The van der Waals surface area contributed by atoms with Gasteiger partial charge in [0.15, 0.2) is 0 Å². The Morgan fingerprint density at radius 3 is 2.92 bits per heavy atom. The van der Waals surface area contributed by atoms with Gasteiger partial charge < -0.3 is 4.74 Å². The molecule has 7 nitrogen and oxygen atoms in total. The van der Waals surface area contributed by atoms with Crippen molar-refractivity contribution in [2.75, 3.05) is 6.61 Å². The number of halogens is 1. The van der Waals surface area contributed by atoms with Crippen molar-refractivity contribution in [1.29, 1.82) is 5.26 Å². The summed E-state index contributed by atoms with van der Waals surface area (Å²) in [5.74, 6) is -1.29. The molecule has 3 rings (SSSR count). The highest BCUT2D eigenvalue weighted by Gasteiger charge is 2.23. The van der Waals surface area contributed by atoms with E-state index in [1.807, 2.05) is 24.3 Å². The molecule has 0 radical (unpaired) electrons. The number of para-hydroxylation sites is 1. The zero-order chi connectivity index (χ0) is 18.7. The summed E-state index contributed by atoms with van der Waals surface area (Å²) in [6, 6.07) is 9.76. The van der Waals surface area contributed by atoms with E-state index in [1.165, 1.54) is 17.5 Å². The normalized spacial score (nSPS) is 11.9. The molecule has 0 saturated carbocycles. The van der Waals surface area contributed by atoms with Crippen LogP contribution in [0.25, 0.3) is 10.2 Å². The number of hydrogen-bond acceptors (Lipinski definition) is 7. The smallest absolute Gasteiger partial charge is 0.327 e. The van der Waals surface area contributed by atoms with Gasteiger partial charge >= 0.3 is 5.97 Å². The number of carbonyl (C=O) groups excluding carboxylic acids is 1. The van der Waals surface area contributed by atoms with E-state index in [-0.39, 0.29) is 17.6 Å². The van der Waals surface area contributed by atoms with Crippen LogP contribution in [0.2, 0.25) is 0 Å². The Morgan fingerprint density at radius 1 is 1.46 bits per heavy atom. The molecule has 0 fully saturated rings. The third-order valence-corrected chi connectivity index (χ3v) is 5.49. The molecule has 0 amide bonds. The zero-order valence-electron chi connectivity index (χ0n) is 13.7. The van der Waals surface area contributed by atoms with Gasteiger partial charge in [0.2, 0.25) is 0 Å². The first-order valence-corrected chi connectivity index (χ1v) is 9.32. The summed E-state index contributed by atoms with van der Waals surface area (Å²) in [6.07, 6.45) is 1.41. The van der Waals surface area contributed by atoms with Crippen molar-refractivity contribution < 1.29 is 9.53 Å². The maximum atomic E-state index is 12.5. The number of thiazole rings is 1. The Kier molecular flexibility index (Phi) is 5.44. The number of carbonyl (C=O) groups is 1. The minimum atomic E-state index is -0.737. The second-order valence-electron chi connectivity index (χ2n) is 5.26. The molecule has 9 heteroatoms. The minimum Gasteiger partial charge on any atom is -0.465 e. The molecule has 0 saturated heterocycles. The average Bonchev–Trinajstić information content (AvgIpc) is 3.05. The number of nitriles is 1. The number of hydrogen-bond donors (Lipinski definition) is 0. The SMILES string of the molecule is CCOC(=O)Cn1ncc(C(C#N)c2nc3ccccc3s2)c(Br)c1=O. The standard InChI is InChI=1S/C17H13BrN4O3S/c1-2-25-14(23)9-22-17(24)15(18)11(8-20-22)10(7-19)16-21-12-5-3-4-6-13(12)26-16/h3-6,8,10H,2,9H2,1H3. The fraction of sp³-hybridized carbons (Fsp3) is 0.235. The van der Waals surface area contributed by atoms with Gasteiger partial charge in [-0.25, -0.2) is 9.67 Å². The minimum absolute atomic E-state index is 0.183. The Morgan fingerprint density at radius 2 is 2.23 bits per heavy atom.